The van der Waals surface area contributed by atoms with Crippen LogP contribution in [-0.2, 0) is 28.6 Å². The molecule has 0 aromatic rings. The molecule has 0 rings (SSSR count). The SMILES string of the molecule is CC\C=C/C=C\C=C/C=C\C=C\C=C/CCCCCC(=O)OCC(COC(=O)CCCCC/C=C\C=C/CCCC)OC(=O)CCCCC\C=C/C=C/C=C\C=C/C=C\C=C/CC. The Morgan fingerprint density at radius 1 is 0.333 bits per heavy atom. The van der Waals surface area contributed by atoms with E-state index in [1.807, 2.05) is 122 Å². The van der Waals surface area contributed by atoms with E-state index in [2.05, 4.69) is 69.4 Å². The van der Waals surface area contributed by atoms with Gasteiger partial charge in [0.1, 0.15) is 13.2 Å². The third-order valence-corrected chi connectivity index (χ3v) is 9.04. The van der Waals surface area contributed by atoms with Crippen LogP contribution in [0.25, 0.3) is 0 Å². The fourth-order valence-corrected chi connectivity index (χ4v) is 5.48. The van der Waals surface area contributed by atoms with Crippen molar-refractivity contribution in [3.8, 4) is 0 Å². The van der Waals surface area contributed by atoms with Crippen LogP contribution in [0.2, 0.25) is 0 Å². The van der Waals surface area contributed by atoms with Gasteiger partial charge >= 0.3 is 17.9 Å². The second-order valence-corrected chi connectivity index (χ2v) is 14.9. The molecule has 0 N–H and O–H groups in total. The van der Waals surface area contributed by atoms with Gasteiger partial charge in [0.2, 0.25) is 0 Å². The molecule has 6 nitrogen and oxygen atoms in total. The summed E-state index contributed by atoms with van der Waals surface area (Å²) >= 11 is 0. The van der Waals surface area contributed by atoms with Crippen molar-refractivity contribution in [3.63, 3.8) is 0 Å². The number of allylic oxidation sites excluding steroid dienone is 28. The van der Waals surface area contributed by atoms with Gasteiger partial charge in [-0.2, -0.15) is 0 Å². The van der Waals surface area contributed by atoms with Gasteiger partial charge in [0, 0.05) is 19.3 Å². The fraction of sp³-hybridized carbons (Fsp3) is 0.456. The normalized spacial score (nSPS) is 13.6. The lowest BCUT2D eigenvalue weighted by Crippen LogP contribution is -2.30. The van der Waals surface area contributed by atoms with Gasteiger partial charge in [0.25, 0.3) is 0 Å². The summed E-state index contributed by atoms with van der Waals surface area (Å²) in [6, 6.07) is 0. The van der Waals surface area contributed by atoms with E-state index in [-0.39, 0.29) is 44.0 Å². The molecule has 0 aliphatic rings. The Hall–Kier alpha value is -5.23. The molecule has 0 aliphatic carbocycles. The summed E-state index contributed by atoms with van der Waals surface area (Å²) in [6.07, 6.45) is 73.3. The lowest BCUT2D eigenvalue weighted by Gasteiger charge is -2.18. The molecule has 0 aliphatic heterocycles. The van der Waals surface area contributed by atoms with Gasteiger partial charge in [-0.25, -0.2) is 0 Å². The van der Waals surface area contributed by atoms with Gasteiger partial charge in [-0.15, -0.1) is 0 Å². The van der Waals surface area contributed by atoms with E-state index in [1.165, 1.54) is 12.8 Å². The Balaban J connectivity index is 4.66. The largest absolute Gasteiger partial charge is 0.462 e. The minimum absolute atomic E-state index is 0.135. The van der Waals surface area contributed by atoms with Gasteiger partial charge in [0.05, 0.1) is 0 Å². The van der Waals surface area contributed by atoms with E-state index in [4.69, 9.17) is 14.2 Å². The lowest BCUT2D eigenvalue weighted by atomic mass is 10.1. The smallest absolute Gasteiger partial charge is 0.306 e. The number of ether oxygens (including phenoxy) is 3. The monoisotopic (exact) mass is 863 g/mol. The second kappa shape index (κ2) is 49.4. The van der Waals surface area contributed by atoms with Crippen molar-refractivity contribution >= 4 is 17.9 Å². The molecule has 0 aromatic heterocycles. The van der Waals surface area contributed by atoms with Crippen LogP contribution in [0, 0.1) is 0 Å². The zero-order chi connectivity index (χ0) is 45.8. The van der Waals surface area contributed by atoms with Crippen molar-refractivity contribution in [1.82, 2.24) is 0 Å². The van der Waals surface area contributed by atoms with E-state index in [9.17, 15) is 14.4 Å². The average Bonchev–Trinajstić information content (AvgIpc) is 3.28. The molecule has 0 radical (unpaired) electrons. The van der Waals surface area contributed by atoms with Crippen molar-refractivity contribution in [2.45, 2.75) is 155 Å². The van der Waals surface area contributed by atoms with Gasteiger partial charge < -0.3 is 14.2 Å². The summed E-state index contributed by atoms with van der Waals surface area (Å²) in [5.74, 6) is -1.07. The number of esters is 3. The zero-order valence-electron chi connectivity index (χ0n) is 39.2. The predicted octanol–water partition coefficient (Wildman–Crippen LogP) is 15.6. The van der Waals surface area contributed by atoms with Crippen LogP contribution in [0.4, 0.5) is 0 Å². The molecule has 0 aromatic carbocycles. The van der Waals surface area contributed by atoms with Crippen LogP contribution in [0.3, 0.4) is 0 Å². The Labute approximate surface area is 383 Å². The Bertz CT molecular complexity index is 1550. The maximum absolute atomic E-state index is 12.8. The highest BCUT2D eigenvalue weighted by atomic mass is 16.6. The molecule has 0 bridgehead atoms. The molecule has 63 heavy (non-hydrogen) atoms. The second-order valence-electron chi connectivity index (χ2n) is 14.9. The van der Waals surface area contributed by atoms with Crippen molar-refractivity contribution in [2.24, 2.45) is 0 Å². The highest BCUT2D eigenvalue weighted by Crippen LogP contribution is 2.10. The summed E-state index contributed by atoms with van der Waals surface area (Å²) in [5.41, 5.74) is 0. The highest BCUT2D eigenvalue weighted by molar-refractivity contribution is 5.71. The van der Waals surface area contributed by atoms with E-state index in [1.54, 1.807) is 0 Å². The van der Waals surface area contributed by atoms with Crippen LogP contribution in [0.1, 0.15) is 149 Å². The minimum atomic E-state index is -0.839. The third kappa shape index (κ3) is 47.7. The molecule has 1 atom stereocenters. The molecule has 0 saturated carbocycles. The topological polar surface area (TPSA) is 78.9 Å². The molecule has 346 valence electrons. The molecule has 0 saturated heterocycles. The molecule has 6 heteroatoms. The van der Waals surface area contributed by atoms with Gasteiger partial charge in [-0.3, -0.25) is 14.4 Å². The fourth-order valence-electron chi connectivity index (χ4n) is 5.48. The van der Waals surface area contributed by atoms with Gasteiger partial charge in [0.15, 0.2) is 6.10 Å². The zero-order valence-corrected chi connectivity index (χ0v) is 39.2. The maximum atomic E-state index is 12.8. The molecule has 0 fully saturated rings. The summed E-state index contributed by atoms with van der Waals surface area (Å²) in [4.78, 5) is 37.9. The lowest BCUT2D eigenvalue weighted by molar-refractivity contribution is -0.167. The molecule has 0 spiro atoms. The standard InChI is InChI=1S/C57H82O6/c1-4-7-10-13-16-19-22-24-26-28-30-32-35-38-41-44-47-50-56(59)62-53-54(52-61-55(58)49-46-43-40-37-34-21-18-15-12-9-6-3)63-57(60)51-48-45-42-39-36-33-31-29-27-25-23-20-17-14-11-8-5-2/h7-8,10-11,13-36,54H,4-6,9,12,37-53H2,1-3H3/b10-7-,11-8-,16-13-,17-14-,18-15-,22-19-,23-20-,26-24-,27-25-,30-28+,31-29+,34-21-,35-32-,36-33-. The molecule has 0 heterocycles. The molecule has 0 amide bonds. The molecule has 1 unspecified atom stereocenters. The Morgan fingerprint density at radius 3 is 0.952 bits per heavy atom. The Morgan fingerprint density at radius 2 is 0.619 bits per heavy atom. The summed E-state index contributed by atoms with van der Waals surface area (Å²) in [7, 11) is 0. The number of unbranched alkanes of at least 4 members (excludes halogenated alkanes) is 11. The van der Waals surface area contributed by atoms with Crippen molar-refractivity contribution in [1.29, 1.82) is 0 Å². The van der Waals surface area contributed by atoms with E-state index >= 15 is 0 Å². The number of carbonyl (C=O) groups is 3. The van der Waals surface area contributed by atoms with Crippen molar-refractivity contribution in [3.05, 3.63) is 170 Å². The van der Waals surface area contributed by atoms with E-state index < -0.39 is 6.10 Å². The first kappa shape index (κ1) is 57.8. The first-order valence-electron chi connectivity index (χ1n) is 23.8. The average molecular weight is 863 g/mol. The predicted molar refractivity (Wildman–Crippen MR) is 269 cm³/mol. The van der Waals surface area contributed by atoms with Crippen LogP contribution in [-0.4, -0.2) is 37.2 Å². The van der Waals surface area contributed by atoms with Crippen molar-refractivity contribution in [2.75, 3.05) is 13.2 Å². The third-order valence-electron chi connectivity index (χ3n) is 9.04. The van der Waals surface area contributed by atoms with Crippen LogP contribution >= 0.6 is 0 Å². The van der Waals surface area contributed by atoms with Gasteiger partial charge in [-0.1, -0.05) is 223 Å². The minimum Gasteiger partial charge on any atom is -0.462 e. The number of hydrogen-bond acceptors (Lipinski definition) is 6. The van der Waals surface area contributed by atoms with E-state index in [0.29, 0.717) is 19.3 Å². The van der Waals surface area contributed by atoms with Crippen molar-refractivity contribution < 1.29 is 28.6 Å². The molecular formula is C57H82O6. The van der Waals surface area contributed by atoms with Crippen LogP contribution < -0.4 is 0 Å². The summed E-state index contributed by atoms with van der Waals surface area (Å²) in [6.45, 7) is 6.14. The van der Waals surface area contributed by atoms with Crippen LogP contribution in [0.15, 0.2) is 170 Å². The first-order valence-corrected chi connectivity index (χ1v) is 23.8. The quantitative estimate of drug-likeness (QED) is 0.0265. The first-order chi connectivity index (χ1) is 31.0. The number of rotatable bonds is 39. The maximum Gasteiger partial charge on any atom is 0.306 e. The summed E-state index contributed by atoms with van der Waals surface area (Å²) < 4.78 is 16.6. The van der Waals surface area contributed by atoms with E-state index in [0.717, 1.165) is 83.5 Å². The number of hydrogen-bond donors (Lipinski definition) is 0. The molecular weight excluding hydrogens is 781 g/mol. The summed E-state index contributed by atoms with van der Waals surface area (Å²) in [5, 5.41) is 0. The van der Waals surface area contributed by atoms with Gasteiger partial charge in [-0.05, 0) is 77.0 Å². The highest BCUT2D eigenvalue weighted by Gasteiger charge is 2.19. The van der Waals surface area contributed by atoms with Crippen LogP contribution in [0.5, 0.6) is 0 Å². The Kier molecular flexibility index (Phi) is 45.3. The number of carbonyl (C=O) groups excluding carboxylic acids is 3.